The Bertz CT molecular complexity index is 1450. The molecule has 236 valence electrons. The minimum Gasteiger partial charge on any atom is -0.497 e. The molecule has 1 aromatic carbocycles. The first-order valence-corrected chi connectivity index (χ1v) is 15.7. The van der Waals surface area contributed by atoms with Crippen LogP contribution in [0, 0.1) is 28.6 Å². The second-order valence-corrected chi connectivity index (χ2v) is 13.4. The molecule has 6 atom stereocenters. The van der Waals surface area contributed by atoms with Gasteiger partial charge in [-0.2, -0.15) is 5.26 Å². The van der Waals surface area contributed by atoms with Gasteiger partial charge in [0.05, 0.1) is 36.8 Å². The van der Waals surface area contributed by atoms with Crippen molar-refractivity contribution >= 4 is 28.8 Å². The molecule has 11 heteroatoms. The van der Waals surface area contributed by atoms with Crippen LogP contribution in [-0.2, 0) is 20.7 Å². The maximum absolute atomic E-state index is 14.2. The van der Waals surface area contributed by atoms with Crippen LogP contribution in [0.5, 0.6) is 11.6 Å². The number of carbonyl (C=O) groups is 3. The van der Waals surface area contributed by atoms with E-state index in [2.05, 4.69) is 11.4 Å². The molecule has 2 aliphatic heterocycles. The van der Waals surface area contributed by atoms with E-state index in [0.717, 1.165) is 38.5 Å². The highest BCUT2D eigenvalue weighted by molar-refractivity contribution is 5.92. The monoisotopic (exact) mass is 605 g/mol. The molecule has 2 aromatic rings. The van der Waals surface area contributed by atoms with Crippen molar-refractivity contribution in [2.45, 2.75) is 103 Å². The number of alkyl carbamates (subject to hydrolysis) is 1. The Kier molecular flexibility index (Phi) is 9.28. The number of methoxy groups -OCH3 is 1. The van der Waals surface area contributed by atoms with Crippen molar-refractivity contribution in [3.63, 3.8) is 0 Å². The lowest BCUT2D eigenvalue weighted by Crippen LogP contribution is -2.57. The lowest BCUT2D eigenvalue weighted by Gasteiger charge is -2.35. The number of aromatic nitrogens is 2. The van der Waals surface area contributed by atoms with Crippen molar-refractivity contribution in [1.29, 1.82) is 5.26 Å². The Labute approximate surface area is 258 Å². The maximum atomic E-state index is 14.2. The highest BCUT2D eigenvalue weighted by Crippen LogP contribution is 2.39. The fraction of sp³-hybridized carbons (Fsp3) is 0.636. The standard InChI is InChI=1S/C33H43N5O6/c1-19(39)28-22(14-15-34)27-18-38(28)31(40)29(33(2,3)4)37-32(41)44-26-16-20(26)10-8-6-7-9-11-24-30(43-27)36-25-17-21(42-5)12-13-23(25)35-24/h12-13,17,20,22,26-29H,6-11,14,16,18H2,1-5H3,(H,37,41)/t20-,22-,26-,27+,28-,29-/m1/s1. The number of Topliss-reactive ketones (excluding diaryl/α,β-unsaturated/α-hetero) is 1. The first kappa shape index (κ1) is 31.5. The summed E-state index contributed by atoms with van der Waals surface area (Å²) in [7, 11) is 1.59. The number of nitrogens with zero attached hydrogens (tertiary/aromatic N) is 4. The predicted octanol–water partition coefficient (Wildman–Crippen LogP) is 4.75. The minimum atomic E-state index is -0.957. The smallest absolute Gasteiger partial charge is 0.408 e. The topological polar surface area (TPSA) is 144 Å². The fourth-order valence-electron chi connectivity index (χ4n) is 6.50. The zero-order valence-electron chi connectivity index (χ0n) is 26.3. The first-order valence-electron chi connectivity index (χ1n) is 15.7. The summed E-state index contributed by atoms with van der Waals surface area (Å²) in [5, 5.41) is 12.6. The maximum Gasteiger partial charge on any atom is 0.408 e. The van der Waals surface area contributed by atoms with E-state index in [9.17, 15) is 19.6 Å². The third kappa shape index (κ3) is 6.90. The van der Waals surface area contributed by atoms with Gasteiger partial charge in [-0.25, -0.2) is 14.8 Å². The van der Waals surface area contributed by atoms with Crippen LogP contribution in [0.1, 0.15) is 78.3 Å². The molecule has 1 saturated heterocycles. The third-order valence-electron chi connectivity index (χ3n) is 9.02. The summed E-state index contributed by atoms with van der Waals surface area (Å²) in [6.45, 7) is 7.05. The van der Waals surface area contributed by atoms with Gasteiger partial charge in [-0.05, 0) is 56.1 Å². The summed E-state index contributed by atoms with van der Waals surface area (Å²) in [6.07, 6.45) is 4.99. The average molecular weight is 606 g/mol. The Hall–Kier alpha value is -3.94. The van der Waals surface area contributed by atoms with Crippen molar-refractivity contribution in [2.24, 2.45) is 17.3 Å². The molecule has 3 heterocycles. The van der Waals surface area contributed by atoms with Gasteiger partial charge in [0.1, 0.15) is 29.7 Å². The number of aryl methyl sites for hydroxylation is 1. The van der Waals surface area contributed by atoms with E-state index in [1.165, 1.54) is 11.8 Å². The Morgan fingerprint density at radius 2 is 1.89 bits per heavy atom. The molecule has 2 fully saturated rings. The SMILES string of the molecule is COc1ccc2nc3c(nc2c1)O[C@H]1CN(C(=O)[C@H](C(C)(C)C)NC(=O)O[C@@H]2C[C@H]2CCCCCC3)[C@H](C(C)=O)[C@@H]1CC#N. The second-order valence-electron chi connectivity index (χ2n) is 13.4. The number of hydrogen-bond donors (Lipinski definition) is 1. The van der Waals surface area contributed by atoms with Crippen LogP contribution in [0.25, 0.3) is 11.0 Å². The normalized spacial score (nSPS) is 28.1. The first-order chi connectivity index (χ1) is 21.0. The predicted molar refractivity (Wildman–Crippen MR) is 162 cm³/mol. The molecule has 1 N–H and O–H groups in total. The number of amides is 2. The van der Waals surface area contributed by atoms with Gasteiger partial charge in [0.15, 0.2) is 5.78 Å². The van der Waals surface area contributed by atoms with Crippen LogP contribution in [0.15, 0.2) is 18.2 Å². The van der Waals surface area contributed by atoms with Crippen molar-refractivity contribution in [3.05, 3.63) is 23.9 Å². The number of carbonyl (C=O) groups excluding carboxylic acids is 3. The van der Waals surface area contributed by atoms with Gasteiger partial charge in [-0.15, -0.1) is 0 Å². The molecule has 0 unspecified atom stereocenters. The summed E-state index contributed by atoms with van der Waals surface area (Å²) in [5.74, 6) is 0.0476. The fourth-order valence-corrected chi connectivity index (χ4v) is 6.50. The molecule has 1 saturated carbocycles. The molecule has 3 aliphatic rings. The molecular formula is C33H43N5O6. The lowest BCUT2D eigenvalue weighted by atomic mass is 9.85. The van der Waals surface area contributed by atoms with Gasteiger partial charge in [0.25, 0.3) is 0 Å². The zero-order chi connectivity index (χ0) is 31.6. The quantitative estimate of drug-likeness (QED) is 0.524. The van der Waals surface area contributed by atoms with E-state index < -0.39 is 41.5 Å². The molecular weight excluding hydrogens is 562 g/mol. The number of benzene rings is 1. The lowest BCUT2D eigenvalue weighted by molar-refractivity contribution is -0.141. The average Bonchev–Trinajstić information content (AvgIpc) is 3.60. The van der Waals surface area contributed by atoms with Crippen LogP contribution >= 0.6 is 0 Å². The second kappa shape index (κ2) is 13.0. The van der Waals surface area contributed by atoms with Gasteiger partial charge >= 0.3 is 6.09 Å². The van der Waals surface area contributed by atoms with Crippen LogP contribution in [-0.4, -0.2) is 70.6 Å². The summed E-state index contributed by atoms with van der Waals surface area (Å²) in [6, 6.07) is 5.83. The number of ketones is 1. The number of nitrogens with one attached hydrogen (secondary N) is 1. The van der Waals surface area contributed by atoms with E-state index in [1.807, 2.05) is 32.9 Å². The van der Waals surface area contributed by atoms with Gasteiger partial charge in [-0.1, -0.05) is 40.0 Å². The van der Waals surface area contributed by atoms with Crippen molar-refractivity contribution in [3.8, 4) is 17.7 Å². The molecule has 44 heavy (non-hydrogen) atoms. The molecule has 0 radical (unpaired) electrons. The molecule has 5 rings (SSSR count). The van der Waals surface area contributed by atoms with Gasteiger partial charge in [-0.3, -0.25) is 9.59 Å². The van der Waals surface area contributed by atoms with Gasteiger partial charge < -0.3 is 24.4 Å². The zero-order valence-corrected chi connectivity index (χ0v) is 26.3. The minimum absolute atomic E-state index is 0.00157. The van der Waals surface area contributed by atoms with Crippen LogP contribution in [0.3, 0.4) is 0 Å². The van der Waals surface area contributed by atoms with E-state index in [1.54, 1.807) is 13.2 Å². The van der Waals surface area contributed by atoms with E-state index in [4.69, 9.17) is 24.2 Å². The molecule has 0 spiro atoms. The molecule has 2 amide bonds. The Morgan fingerprint density at radius 3 is 2.59 bits per heavy atom. The molecule has 1 aliphatic carbocycles. The summed E-state index contributed by atoms with van der Waals surface area (Å²) >= 11 is 0. The highest BCUT2D eigenvalue weighted by atomic mass is 16.6. The highest BCUT2D eigenvalue weighted by Gasteiger charge is 2.51. The van der Waals surface area contributed by atoms with Crippen molar-refractivity contribution in [2.75, 3.05) is 13.7 Å². The summed E-state index contributed by atoms with van der Waals surface area (Å²) < 4.78 is 17.7. The third-order valence-corrected chi connectivity index (χ3v) is 9.02. The summed E-state index contributed by atoms with van der Waals surface area (Å²) in [5.41, 5.74) is 1.34. The summed E-state index contributed by atoms with van der Waals surface area (Å²) in [4.78, 5) is 51.5. The number of hydrogen-bond acceptors (Lipinski definition) is 9. The van der Waals surface area contributed by atoms with Gasteiger partial charge in [0.2, 0.25) is 11.8 Å². The molecule has 2 bridgehead atoms. The van der Waals surface area contributed by atoms with Crippen molar-refractivity contribution < 1.29 is 28.6 Å². The number of fused-ring (bicyclic) bond motifs is 5. The van der Waals surface area contributed by atoms with E-state index in [0.29, 0.717) is 40.7 Å². The number of ether oxygens (including phenoxy) is 3. The number of nitriles is 1. The van der Waals surface area contributed by atoms with Gasteiger partial charge in [0, 0.05) is 18.4 Å². The molecule has 11 nitrogen and oxygen atoms in total. The van der Waals surface area contributed by atoms with E-state index >= 15 is 0 Å². The van der Waals surface area contributed by atoms with Crippen LogP contribution < -0.4 is 14.8 Å². The Morgan fingerprint density at radius 1 is 1.11 bits per heavy atom. The van der Waals surface area contributed by atoms with Crippen LogP contribution in [0.2, 0.25) is 0 Å². The van der Waals surface area contributed by atoms with Crippen LogP contribution in [0.4, 0.5) is 4.79 Å². The van der Waals surface area contributed by atoms with E-state index in [-0.39, 0.29) is 24.9 Å². The van der Waals surface area contributed by atoms with Crippen molar-refractivity contribution in [1.82, 2.24) is 20.2 Å². The number of rotatable bonds is 3. The molecule has 1 aromatic heterocycles. The largest absolute Gasteiger partial charge is 0.497 e. The Balaban J connectivity index is 1.54.